The van der Waals surface area contributed by atoms with Crippen LogP contribution in [0.4, 0.5) is 0 Å². The van der Waals surface area contributed by atoms with E-state index in [0.29, 0.717) is 12.6 Å². The van der Waals surface area contributed by atoms with Gasteiger partial charge in [0.2, 0.25) is 0 Å². The molecule has 1 atom stereocenters. The molecule has 0 aromatic carbocycles. The molecular formula is C10H20N2O2. The van der Waals surface area contributed by atoms with Crippen LogP contribution in [0.5, 0.6) is 0 Å². The van der Waals surface area contributed by atoms with E-state index in [1.54, 1.807) is 0 Å². The number of hydrogen-bond acceptors (Lipinski definition) is 4. The van der Waals surface area contributed by atoms with Gasteiger partial charge in [-0.1, -0.05) is 0 Å². The molecule has 82 valence electrons. The zero-order valence-corrected chi connectivity index (χ0v) is 9.25. The second kappa shape index (κ2) is 5.32. The number of nitrogens with one attached hydrogen (secondary N) is 1. The SMILES string of the molecule is CC(C)OC(=O)CN1CCN[C@@H](C)C1. The van der Waals surface area contributed by atoms with Crippen molar-refractivity contribution in [3.8, 4) is 0 Å². The maximum atomic E-state index is 11.3. The molecule has 4 heteroatoms. The Kier molecular flexibility index (Phi) is 4.35. The summed E-state index contributed by atoms with van der Waals surface area (Å²) in [6, 6.07) is 0.468. The normalized spacial score (nSPS) is 23.9. The van der Waals surface area contributed by atoms with Crippen LogP contribution in [0.2, 0.25) is 0 Å². The maximum Gasteiger partial charge on any atom is 0.320 e. The smallest absolute Gasteiger partial charge is 0.320 e. The standard InChI is InChI=1S/C10H20N2O2/c1-8(2)14-10(13)7-12-5-4-11-9(3)6-12/h8-9,11H,4-7H2,1-3H3/t9-/m0/s1. The predicted octanol–water partition coefficient (Wildman–Crippen LogP) is 0.232. The Morgan fingerprint density at radius 3 is 2.93 bits per heavy atom. The van der Waals surface area contributed by atoms with E-state index >= 15 is 0 Å². The molecule has 14 heavy (non-hydrogen) atoms. The van der Waals surface area contributed by atoms with Crippen molar-refractivity contribution in [1.29, 1.82) is 0 Å². The second-order valence-corrected chi connectivity index (χ2v) is 4.13. The van der Waals surface area contributed by atoms with Gasteiger partial charge in [-0.3, -0.25) is 9.69 Å². The van der Waals surface area contributed by atoms with Crippen LogP contribution in [0, 0.1) is 0 Å². The zero-order chi connectivity index (χ0) is 10.6. The molecule has 1 heterocycles. The summed E-state index contributed by atoms with van der Waals surface area (Å²) in [5.74, 6) is -0.117. The Hall–Kier alpha value is -0.610. The van der Waals surface area contributed by atoms with Crippen molar-refractivity contribution in [1.82, 2.24) is 10.2 Å². The van der Waals surface area contributed by atoms with Crippen LogP contribution in [0.3, 0.4) is 0 Å². The van der Waals surface area contributed by atoms with E-state index in [0.717, 1.165) is 19.6 Å². The molecule has 1 fully saturated rings. The molecule has 1 rings (SSSR count). The Labute approximate surface area is 85.6 Å². The van der Waals surface area contributed by atoms with Crippen molar-refractivity contribution in [2.24, 2.45) is 0 Å². The average molecular weight is 200 g/mol. The molecule has 1 saturated heterocycles. The minimum Gasteiger partial charge on any atom is -0.462 e. The van der Waals surface area contributed by atoms with Gasteiger partial charge >= 0.3 is 5.97 Å². The Morgan fingerprint density at radius 1 is 1.64 bits per heavy atom. The summed E-state index contributed by atoms with van der Waals surface area (Å²) in [5, 5.41) is 3.33. The minimum atomic E-state index is -0.117. The highest BCUT2D eigenvalue weighted by molar-refractivity contribution is 5.71. The van der Waals surface area contributed by atoms with Crippen LogP contribution < -0.4 is 5.32 Å². The van der Waals surface area contributed by atoms with E-state index in [4.69, 9.17) is 4.74 Å². The lowest BCUT2D eigenvalue weighted by Gasteiger charge is -2.31. The molecule has 0 spiro atoms. The van der Waals surface area contributed by atoms with Gasteiger partial charge in [-0.05, 0) is 20.8 Å². The fourth-order valence-corrected chi connectivity index (χ4v) is 1.64. The van der Waals surface area contributed by atoms with Crippen molar-refractivity contribution in [2.45, 2.75) is 32.9 Å². The molecule has 4 nitrogen and oxygen atoms in total. The van der Waals surface area contributed by atoms with Crippen molar-refractivity contribution in [3.05, 3.63) is 0 Å². The quantitative estimate of drug-likeness (QED) is 0.662. The largest absolute Gasteiger partial charge is 0.462 e. The molecule has 0 bridgehead atoms. The Bertz CT molecular complexity index is 195. The fraction of sp³-hybridized carbons (Fsp3) is 0.900. The Balaban J connectivity index is 2.25. The van der Waals surface area contributed by atoms with E-state index in [-0.39, 0.29) is 12.1 Å². The van der Waals surface area contributed by atoms with Crippen LogP contribution >= 0.6 is 0 Å². The van der Waals surface area contributed by atoms with Gasteiger partial charge in [-0.25, -0.2) is 0 Å². The first-order valence-corrected chi connectivity index (χ1v) is 5.23. The van der Waals surface area contributed by atoms with Gasteiger partial charge in [0.25, 0.3) is 0 Å². The highest BCUT2D eigenvalue weighted by atomic mass is 16.5. The van der Waals surface area contributed by atoms with Crippen LogP contribution in [0.1, 0.15) is 20.8 Å². The van der Waals surface area contributed by atoms with Gasteiger partial charge < -0.3 is 10.1 Å². The Morgan fingerprint density at radius 2 is 2.36 bits per heavy atom. The molecule has 1 aliphatic rings. The van der Waals surface area contributed by atoms with Crippen molar-refractivity contribution >= 4 is 5.97 Å². The third-order valence-electron chi connectivity index (χ3n) is 2.17. The number of rotatable bonds is 3. The molecule has 0 radical (unpaired) electrons. The maximum absolute atomic E-state index is 11.3. The molecule has 0 aliphatic carbocycles. The van der Waals surface area contributed by atoms with Crippen LogP contribution in [-0.2, 0) is 9.53 Å². The number of carbonyl (C=O) groups excluding carboxylic acids is 1. The predicted molar refractivity (Wildman–Crippen MR) is 55.1 cm³/mol. The number of carbonyl (C=O) groups is 1. The summed E-state index contributed by atoms with van der Waals surface area (Å²) in [6.07, 6.45) is -0.0113. The summed E-state index contributed by atoms with van der Waals surface area (Å²) in [6.45, 7) is 9.10. The molecule has 1 aliphatic heterocycles. The number of hydrogen-bond donors (Lipinski definition) is 1. The number of piperazine rings is 1. The van der Waals surface area contributed by atoms with Gasteiger partial charge in [-0.2, -0.15) is 0 Å². The fourth-order valence-electron chi connectivity index (χ4n) is 1.64. The molecule has 0 unspecified atom stereocenters. The van der Waals surface area contributed by atoms with Crippen LogP contribution in [-0.4, -0.2) is 49.2 Å². The van der Waals surface area contributed by atoms with E-state index in [1.165, 1.54) is 0 Å². The number of esters is 1. The van der Waals surface area contributed by atoms with E-state index in [2.05, 4.69) is 17.1 Å². The molecule has 0 aromatic heterocycles. The van der Waals surface area contributed by atoms with Gasteiger partial charge in [0.05, 0.1) is 12.6 Å². The summed E-state index contributed by atoms with van der Waals surface area (Å²) < 4.78 is 5.09. The number of ether oxygens (including phenoxy) is 1. The summed E-state index contributed by atoms with van der Waals surface area (Å²) in [5.41, 5.74) is 0. The lowest BCUT2D eigenvalue weighted by Crippen LogP contribution is -2.50. The zero-order valence-electron chi connectivity index (χ0n) is 9.25. The summed E-state index contributed by atoms with van der Waals surface area (Å²) in [4.78, 5) is 13.5. The third-order valence-corrected chi connectivity index (χ3v) is 2.17. The van der Waals surface area contributed by atoms with Gasteiger partial charge in [0, 0.05) is 25.7 Å². The first-order valence-electron chi connectivity index (χ1n) is 5.23. The lowest BCUT2D eigenvalue weighted by atomic mass is 10.2. The second-order valence-electron chi connectivity index (χ2n) is 4.13. The first-order chi connectivity index (χ1) is 6.58. The van der Waals surface area contributed by atoms with Crippen molar-refractivity contribution < 1.29 is 9.53 Å². The third kappa shape index (κ3) is 4.07. The molecule has 1 N–H and O–H groups in total. The lowest BCUT2D eigenvalue weighted by molar-refractivity contribution is -0.148. The van der Waals surface area contributed by atoms with E-state index in [1.807, 2.05) is 13.8 Å². The summed E-state index contributed by atoms with van der Waals surface area (Å²) >= 11 is 0. The molecule has 0 amide bonds. The summed E-state index contributed by atoms with van der Waals surface area (Å²) in [7, 11) is 0. The van der Waals surface area contributed by atoms with Crippen molar-refractivity contribution in [3.63, 3.8) is 0 Å². The van der Waals surface area contributed by atoms with Crippen molar-refractivity contribution in [2.75, 3.05) is 26.2 Å². The minimum absolute atomic E-state index is 0.0113. The highest BCUT2D eigenvalue weighted by Crippen LogP contribution is 1.99. The molecular weight excluding hydrogens is 180 g/mol. The van der Waals surface area contributed by atoms with E-state index < -0.39 is 0 Å². The first kappa shape index (κ1) is 11.5. The molecule has 0 aromatic rings. The van der Waals surface area contributed by atoms with Gasteiger partial charge in [0.1, 0.15) is 0 Å². The average Bonchev–Trinajstić information content (AvgIpc) is 2.01. The monoisotopic (exact) mass is 200 g/mol. The van der Waals surface area contributed by atoms with Gasteiger partial charge in [0.15, 0.2) is 0 Å². The van der Waals surface area contributed by atoms with Crippen LogP contribution in [0.25, 0.3) is 0 Å². The van der Waals surface area contributed by atoms with E-state index in [9.17, 15) is 4.79 Å². The topological polar surface area (TPSA) is 41.6 Å². The molecule has 0 saturated carbocycles. The highest BCUT2D eigenvalue weighted by Gasteiger charge is 2.18. The van der Waals surface area contributed by atoms with Gasteiger partial charge in [-0.15, -0.1) is 0 Å². The van der Waals surface area contributed by atoms with Crippen LogP contribution in [0.15, 0.2) is 0 Å². The number of nitrogens with zero attached hydrogens (tertiary/aromatic N) is 1.